The number of likely N-dealkylation sites (tertiary alicyclic amines) is 1. The van der Waals surface area contributed by atoms with Gasteiger partial charge in [-0.1, -0.05) is 6.92 Å². The molecular weight excluding hydrogens is 192 g/mol. The van der Waals surface area contributed by atoms with Crippen LogP contribution in [0.4, 0.5) is 0 Å². The van der Waals surface area contributed by atoms with Crippen molar-refractivity contribution in [1.82, 2.24) is 10.2 Å². The second-order valence-electron chi connectivity index (χ2n) is 4.29. The summed E-state index contributed by atoms with van der Waals surface area (Å²) < 4.78 is 5.49. The van der Waals surface area contributed by atoms with Crippen LogP contribution < -0.4 is 5.32 Å². The minimum absolute atomic E-state index is 0.00236. The molecule has 0 spiro atoms. The van der Waals surface area contributed by atoms with Gasteiger partial charge in [0.25, 0.3) is 0 Å². The lowest BCUT2D eigenvalue weighted by Gasteiger charge is -2.31. The standard InChI is InChI=1S/C11H22N2O2/c1-8(11(14)12-2)10(15-4)9-6-5-7-13(9)3/h8-10H,5-7H2,1-4H3,(H,12,14)/t8?,9-,10?/m0/s1. The summed E-state index contributed by atoms with van der Waals surface area (Å²) >= 11 is 0. The molecule has 4 nitrogen and oxygen atoms in total. The van der Waals surface area contributed by atoms with Crippen LogP contribution in [0.3, 0.4) is 0 Å². The van der Waals surface area contributed by atoms with E-state index >= 15 is 0 Å². The Bertz CT molecular complexity index is 221. The molecule has 1 aliphatic heterocycles. The molecule has 2 unspecified atom stereocenters. The molecule has 1 amide bonds. The van der Waals surface area contributed by atoms with Gasteiger partial charge in [-0.3, -0.25) is 4.79 Å². The Morgan fingerprint density at radius 1 is 1.60 bits per heavy atom. The zero-order chi connectivity index (χ0) is 11.4. The molecule has 1 saturated heterocycles. The summed E-state index contributed by atoms with van der Waals surface area (Å²) in [6.45, 7) is 3.03. The highest BCUT2D eigenvalue weighted by Crippen LogP contribution is 2.24. The van der Waals surface area contributed by atoms with E-state index in [1.165, 1.54) is 6.42 Å². The fraction of sp³-hybridized carbons (Fsp3) is 0.909. The third kappa shape index (κ3) is 2.69. The highest BCUT2D eigenvalue weighted by atomic mass is 16.5. The van der Waals surface area contributed by atoms with Crippen LogP contribution in [-0.4, -0.2) is 50.7 Å². The Labute approximate surface area is 92.0 Å². The average Bonchev–Trinajstić information content (AvgIpc) is 2.65. The SMILES string of the molecule is CNC(=O)C(C)C(OC)[C@@H]1CCCN1C. The van der Waals surface area contributed by atoms with Crippen LogP contribution in [0, 0.1) is 5.92 Å². The lowest BCUT2D eigenvalue weighted by molar-refractivity contribution is -0.130. The Balaban J connectivity index is 2.65. The number of nitrogens with zero attached hydrogens (tertiary/aromatic N) is 1. The van der Waals surface area contributed by atoms with Crippen LogP contribution >= 0.6 is 0 Å². The smallest absolute Gasteiger partial charge is 0.225 e. The molecule has 0 aromatic carbocycles. The monoisotopic (exact) mass is 214 g/mol. The fourth-order valence-electron chi connectivity index (χ4n) is 2.42. The molecule has 0 aliphatic carbocycles. The van der Waals surface area contributed by atoms with Crippen molar-refractivity contribution in [1.29, 1.82) is 0 Å². The molecule has 0 aromatic rings. The average molecular weight is 214 g/mol. The summed E-state index contributed by atoms with van der Waals surface area (Å²) in [5.74, 6) is -0.0345. The predicted octanol–water partition coefficient (Wildman–Crippen LogP) is 0.478. The molecule has 1 fully saturated rings. The first-order valence-electron chi connectivity index (χ1n) is 5.56. The van der Waals surface area contributed by atoms with Gasteiger partial charge < -0.3 is 15.0 Å². The number of likely N-dealkylation sites (N-methyl/N-ethyl adjacent to an activating group) is 1. The predicted molar refractivity (Wildman–Crippen MR) is 59.7 cm³/mol. The number of hydrogen-bond donors (Lipinski definition) is 1. The third-order valence-electron chi connectivity index (χ3n) is 3.38. The second-order valence-corrected chi connectivity index (χ2v) is 4.29. The molecule has 0 bridgehead atoms. The number of carbonyl (C=O) groups excluding carboxylic acids is 1. The summed E-state index contributed by atoms with van der Waals surface area (Å²) in [5, 5.41) is 2.68. The van der Waals surface area contributed by atoms with Gasteiger partial charge in [0.1, 0.15) is 0 Å². The van der Waals surface area contributed by atoms with Crippen LogP contribution in [-0.2, 0) is 9.53 Å². The molecule has 1 aliphatic rings. The van der Waals surface area contributed by atoms with E-state index in [0.717, 1.165) is 13.0 Å². The van der Waals surface area contributed by atoms with Crippen molar-refractivity contribution in [3.8, 4) is 0 Å². The second kappa shape index (κ2) is 5.47. The Morgan fingerprint density at radius 3 is 2.67 bits per heavy atom. The van der Waals surface area contributed by atoms with E-state index < -0.39 is 0 Å². The molecule has 88 valence electrons. The van der Waals surface area contributed by atoms with Gasteiger partial charge in [0.2, 0.25) is 5.91 Å². The zero-order valence-corrected chi connectivity index (χ0v) is 10.1. The lowest BCUT2D eigenvalue weighted by atomic mass is 9.95. The summed E-state index contributed by atoms with van der Waals surface area (Å²) in [6, 6.07) is 0.377. The number of methoxy groups -OCH3 is 1. The molecule has 0 saturated carbocycles. The van der Waals surface area contributed by atoms with E-state index in [-0.39, 0.29) is 17.9 Å². The van der Waals surface area contributed by atoms with E-state index in [9.17, 15) is 4.79 Å². The van der Waals surface area contributed by atoms with Crippen molar-refractivity contribution in [2.75, 3.05) is 27.7 Å². The third-order valence-corrected chi connectivity index (χ3v) is 3.38. The summed E-state index contributed by atoms with van der Waals surface area (Å²) in [7, 11) is 5.46. The molecule has 0 radical (unpaired) electrons. The normalized spacial score (nSPS) is 26.3. The van der Waals surface area contributed by atoms with E-state index in [0.29, 0.717) is 6.04 Å². The Hall–Kier alpha value is -0.610. The number of ether oxygens (including phenoxy) is 1. The van der Waals surface area contributed by atoms with Gasteiger partial charge in [0.15, 0.2) is 0 Å². The van der Waals surface area contributed by atoms with Crippen molar-refractivity contribution in [3.63, 3.8) is 0 Å². The van der Waals surface area contributed by atoms with Gasteiger partial charge in [0.05, 0.1) is 12.0 Å². The van der Waals surface area contributed by atoms with E-state index in [1.54, 1.807) is 14.2 Å². The number of rotatable bonds is 4. The van der Waals surface area contributed by atoms with Gasteiger partial charge in [0, 0.05) is 20.2 Å². The number of amides is 1. The number of carbonyl (C=O) groups is 1. The van der Waals surface area contributed by atoms with Crippen molar-refractivity contribution in [2.24, 2.45) is 5.92 Å². The lowest BCUT2D eigenvalue weighted by Crippen LogP contribution is -2.46. The van der Waals surface area contributed by atoms with Crippen LogP contribution in [0.1, 0.15) is 19.8 Å². The van der Waals surface area contributed by atoms with Gasteiger partial charge in [-0.05, 0) is 26.4 Å². The summed E-state index contributed by atoms with van der Waals surface area (Å²) in [6.07, 6.45) is 2.31. The van der Waals surface area contributed by atoms with E-state index in [4.69, 9.17) is 4.74 Å². The first-order chi connectivity index (χ1) is 7.11. The molecule has 1 N–H and O–H groups in total. The highest BCUT2D eigenvalue weighted by molar-refractivity contribution is 5.78. The Kier molecular flexibility index (Phi) is 4.54. The topological polar surface area (TPSA) is 41.6 Å². The summed E-state index contributed by atoms with van der Waals surface area (Å²) in [5.41, 5.74) is 0. The highest BCUT2D eigenvalue weighted by Gasteiger charge is 2.35. The molecule has 0 aromatic heterocycles. The van der Waals surface area contributed by atoms with Crippen molar-refractivity contribution >= 4 is 5.91 Å². The summed E-state index contributed by atoms with van der Waals surface area (Å²) in [4.78, 5) is 13.9. The molecule has 15 heavy (non-hydrogen) atoms. The fourth-order valence-corrected chi connectivity index (χ4v) is 2.42. The first kappa shape index (κ1) is 12.5. The number of nitrogens with one attached hydrogen (secondary N) is 1. The largest absolute Gasteiger partial charge is 0.379 e. The minimum Gasteiger partial charge on any atom is -0.379 e. The Morgan fingerprint density at radius 2 is 2.27 bits per heavy atom. The van der Waals surface area contributed by atoms with Crippen molar-refractivity contribution < 1.29 is 9.53 Å². The molecular formula is C11H22N2O2. The van der Waals surface area contributed by atoms with Crippen LogP contribution in [0.2, 0.25) is 0 Å². The van der Waals surface area contributed by atoms with E-state index in [2.05, 4.69) is 17.3 Å². The van der Waals surface area contributed by atoms with Crippen molar-refractivity contribution in [3.05, 3.63) is 0 Å². The van der Waals surface area contributed by atoms with Gasteiger partial charge in [-0.15, -0.1) is 0 Å². The van der Waals surface area contributed by atoms with Gasteiger partial charge in [-0.2, -0.15) is 0 Å². The maximum atomic E-state index is 11.6. The zero-order valence-electron chi connectivity index (χ0n) is 10.1. The van der Waals surface area contributed by atoms with Crippen molar-refractivity contribution in [2.45, 2.75) is 31.9 Å². The quantitative estimate of drug-likeness (QED) is 0.740. The van der Waals surface area contributed by atoms with Crippen LogP contribution in [0.25, 0.3) is 0 Å². The first-order valence-corrected chi connectivity index (χ1v) is 5.56. The van der Waals surface area contributed by atoms with Crippen LogP contribution in [0.5, 0.6) is 0 Å². The molecule has 3 atom stereocenters. The number of hydrogen-bond acceptors (Lipinski definition) is 3. The molecule has 1 rings (SSSR count). The van der Waals surface area contributed by atoms with Gasteiger partial charge >= 0.3 is 0 Å². The van der Waals surface area contributed by atoms with E-state index in [1.807, 2.05) is 6.92 Å². The molecule has 1 heterocycles. The van der Waals surface area contributed by atoms with Crippen LogP contribution in [0.15, 0.2) is 0 Å². The van der Waals surface area contributed by atoms with Gasteiger partial charge in [-0.25, -0.2) is 0 Å². The minimum atomic E-state index is -0.0921. The maximum absolute atomic E-state index is 11.6. The molecule has 4 heteroatoms. The maximum Gasteiger partial charge on any atom is 0.225 e.